The fraction of sp³-hybridized carbons (Fsp3) is 0.0625. The van der Waals surface area contributed by atoms with Crippen molar-refractivity contribution in [2.24, 2.45) is 0 Å². The van der Waals surface area contributed by atoms with E-state index in [9.17, 15) is 4.79 Å². The molecule has 5 heteroatoms. The molecule has 0 bridgehead atoms. The highest BCUT2D eigenvalue weighted by Crippen LogP contribution is 2.17. The number of hydrogen-bond acceptors (Lipinski definition) is 4. The monoisotopic (exact) mass is 279 g/mol. The van der Waals surface area contributed by atoms with Crippen LogP contribution >= 0.6 is 0 Å². The minimum Gasteiger partial charge on any atom is -0.482 e. The average Bonchev–Trinajstić information content (AvgIpc) is 2.54. The molecule has 1 aromatic carbocycles. The van der Waals surface area contributed by atoms with Gasteiger partial charge in [-0.1, -0.05) is 18.2 Å². The van der Waals surface area contributed by atoms with Gasteiger partial charge in [-0.2, -0.15) is 0 Å². The van der Waals surface area contributed by atoms with Crippen LogP contribution in [0.25, 0.3) is 10.9 Å². The predicted octanol–water partition coefficient (Wildman–Crippen LogP) is 2.65. The van der Waals surface area contributed by atoms with E-state index in [0.717, 1.165) is 10.9 Å². The maximum Gasteiger partial charge on any atom is 0.262 e. The quantitative estimate of drug-likeness (QED) is 0.797. The first-order valence-corrected chi connectivity index (χ1v) is 6.49. The topological polar surface area (TPSA) is 64.1 Å². The first-order chi connectivity index (χ1) is 10.3. The predicted molar refractivity (Wildman–Crippen MR) is 80.1 cm³/mol. The summed E-state index contributed by atoms with van der Waals surface area (Å²) < 4.78 is 5.46. The van der Waals surface area contributed by atoms with Crippen molar-refractivity contribution < 1.29 is 9.53 Å². The van der Waals surface area contributed by atoms with E-state index in [4.69, 9.17) is 4.74 Å². The fourth-order valence-electron chi connectivity index (χ4n) is 1.91. The van der Waals surface area contributed by atoms with Crippen LogP contribution < -0.4 is 10.1 Å². The normalized spacial score (nSPS) is 10.3. The molecule has 104 valence electrons. The molecule has 3 aromatic rings. The number of carbonyl (C=O) groups is 1. The highest BCUT2D eigenvalue weighted by molar-refractivity contribution is 5.91. The number of rotatable bonds is 4. The third-order valence-corrected chi connectivity index (χ3v) is 2.90. The van der Waals surface area contributed by atoms with Crippen LogP contribution in [0.2, 0.25) is 0 Å². The molecular formula is C16H13N3O2. The smallest absolute Gasteiger partial charge is 0.262 e. The molecule has 1 amide bonds. The minimum absolute atomic E-state index is 0.0671. The van der Waals surface area contributed by atoms with Crippen LogP contribution in [0, 0.1) is 0 Å². The molecule has 0 atom stereocenters. The molecule has 0 saturated heterocycles. The molecular weight excluding hydrogens is 266 g/mol. The van der Waals surface area contributed by atoms with Crippen LogP contribution in [0.4, 0.5) is 5.69 Å². The molecule has 0 spiro atoms. The van der Waals surface area contributed by atoms with Gasteiger partial charge in [-0.15, -0.1) is 0 Å². The number of nitrogens with one attached hydrogen (secondary N) is 1. The van der Waals surface area contributed by atoms with E-state index < -0.39 is 0 Å². The van der Waals surface area contributed by atoms with Gasteiger partial charge < -0.3 is 10.1 Å². The molecule has 21 heavy (non-hydrogen) atoms. The number of pyridine rings is 2. The van der Waals surface area contributed by atoms with E-state index in [1.54, 1.807) is 30.7 Å². The van der Waals surface area contributed by atoms with Crippen LogP contribution in [0.15, 0.2) is 61.1 Å². The molecule has 0 aliphatic heterocycles. The van der Waals surface area contributed by atoms with Crippen LogP contribution in [0.3, 0.4) is 0 Å². The first-order valence-electron chi connectivity index (χ1n) is 6.49. The lowest BCUT2D eigenvalue weighted by Crippen LogP contribution is -2.20. The lowest BCUT2D eigenvalue weighted by Gasteiger charge is -2.07. The zero-order valence-electron chi connectivity index (χ0n) is 11.2. The lowest BCUT2D eigenvalue weighted by atomic mass is 10.2. The summed E-state index contributed by atoms with van der Waals surface area (Å²) in [5, 5.41) is 3.70. The second-order valence-corrected chi connectivity index (χ2v) is 4.44. The van der Waals surface area contributed by atoms with Crippen LogP contribution in [-0.4, -0.2) is 22.5 Å². The number of para-hydroxylation sites is 1. The molecule has 5 nitrogen and oxygen atoms in total. The molecule has 2 heterocycles. The maximum atomic E-state index is 11.8. The number of carbonyl (C=O) groups excluding carboxylic acids is 1. The number of fused-ring (bicyclic) bond motifs is 1. The summed E-state index contributed by atoms with van der Waals surface area (Å²) in [5.74, 6) is 0.341. The SMILES string of the molecule is O=C(COc1cnc2ccccc2c1)Nc1ccncc1. The minimum atomic E-state index is -0.227. The van der Waals surface area contributed by atoms with Gasteiger partial charge in [0.2, 0.25) is 0 Å². The Balaban J connectivity index is 1.62. The van der Waals surface area contributed by atoms with Gasteiger partial charge in [-0.3, -0.25) is 14.8 Å². The Morgan fingerprint density at radius 2 is 1.95 bits per heavy atom. The third kappa shape index (κ3) is 3.33. The number of hydrogen-bond donors (Lipinski definition) is 1. The summed E-state index contributed by atoms with van der Waals surface area (Å²) in [6.07, 6.45) is 4.84. The number of aromatic nitrogens is 2. The van der Waals surface area contributed by atoms with Crippen molar-refractivity contribution in [1.29, 1.82) is 0 Å². The molecule has 3 rings (SSSR count). The molecule has 0 saturated carbocycles. The average molecular weight is 279 g/mol. The summed E-state index contributed by atoms with van der Waals surface area (Å²) in [6, 6.07) is 13.0. The van der Waals surface area contributed by atoms with E-state index in [1.165, 1.54) is 0 Å². The molecule has 0 aliphatic carbocycles. The highest BCUT2D eigenvalue weighted by atomic mass is 16.5. The zero-order chi connectivity index (χ0) is 14.5. The van der Waals surface area contributed by atoms with Crippen LogP contribution in [0.5, 0.6) is 5.75 Å². The Morgan fingerprint density at radius 1 is 1.14 bits per heavy atom. The maximum absolute atomic E-state index is 11.8. The number of benzene rings is 1. The third-order valence-electron chi connectivity index (χ3n) is 2.90. The van der Waals surface area contributed by atoms with Gasteiger partial charge in [0, 0.05) is 23.5 Å². The standard InChI is InChI=1S/C16H13N3O2/c20-16(19-13-5-7-17-8-6-13)11-21-14-9-12-3-1-2-4-15(12)18-10-14/h1-10H,11H2,(H,17,19,20). The van der Waals surface area contributed by atoms with Crippen molar-refractivity contribution in [3.63, 3.8) is 0 Å². The number of anilines is 1. The van der Waals surface area contributed by atoms with Crippen molar-refractivity contribution in [3.8, 4) is 5.75 Å². The number of amides is 1. The van der Waals surface area contributed by atoms with Gasteiger partial charge in [0.1, 0.15) is 5.75 Å². The van der Waals surface area contributed by atoms with Gasteiger partial charge in [0.25, 0.3) is 5.91 Å². The molecule has 1 N–H and O–H groups in total. The van der Waals surface area contributed by atoms with Gasteiger partial charge in [0.15, 0.2) is 6.61 Å². The van der Waals surface area contributed by atoms with Crippen molar-refractivity contribution in [1.82, 2.24) is 9.97 Å². The van der Waals surface area contributed by atoms with Crippen molar-refractivity contribution in [2.75, 3.05) is 11.9 Å². The van der Waals surface area contributed by atoms with Gasteiger partial charge >= 0.3 is 0 Å². The fourth-order valence-corrected chi connectivity index (χ4v) is 1.91. The van der Waals surface area contributed by atoms with Crippen LogP contribution in [0.1, 0.15) is 0 Å². The van der Waals surface area contributed by atoms with Gasteiger partial charge in [0.05, 0.1) is 11.7 Å². The Hall–Kier alpha value is -2.95. The van der Waals surface area contributed by atoms with Gasteiger partial charge in [-0.05, 0) is 24.3 Å². The molecule has 0 fully saturated rings. The zero-order valence-corrected chi connectivity index (χ0v) is 11.2. The number of ether oxygens (including phenoxy) is 1. The Kier molecular flexibility index (Phi) is 3.73. The second kappa shape index (κ2) is 6.00. The summed E-state index contributed by atoms with van der Waals surface area (Å²) in [6.45, 7) is -0.0671. The Bertz CT molecular complexity index is 760. The van der Waals surface area contributed by atoms with Gasteiger partial charge in [-0.25, -0.2) is 0 Å². The first kappa shape index (κ1) is 13.1. The number of nitrogens with zero attached hydrogens (tertiary/aromatic N) is 2. The van der Waals surface area contributed by atoms with E-state index in [1.807, 2.05) is 30.3 Å². The second-order valence-electron chi connectivity index (χ2n) is 4.44. The van der Waals surface area contributed by atoms with Crippen molar-refractivity contribution in [3.05, 3.63) is 61.1 Å². The highest BCUT2D eigenvalue weighted by Gasteiger charge is 2.04. The van der Waals surface area contributed by atoms with E-state index in [2.05, 4.69) is 15.3 Å². The molecule has 0 unspecified atom stereocenters. The lowest BCUT2D eigenvalue weighted by molar-refractivity contribution is -0.118. The van der Waals surface area contributed by atoms with Crippen molar-refractivity contribution >= 4 is 22.5 Å². The summed E-state index contributed by atoms with van der Waals surface area (Å²) in [7, 11) is 0. The Labute approximate surface area is 121 Å². The van der Waals surface area contributed by atoms with E-state index >= 15 is 0 Å². The largest absolute Gasteiger partial charge is 0.482 e. The van der Waals surface area contributed by atoms with Crippen LogP contribution in [-0.2, 0) is 4.79 Å². The molecule has 0 radical (unpaired) electrons. The summed E-state index contributed by atoms with van der Waals surface area (Å²) in [4.78, 5) is 19.9. The Morgan fingerprint density at radius 3 is 2.81 bits per heavy atom. The summed E-state index contributed by atoms with van der Waals surface area (Å²) >= 11 is 0. The summed E-state index contributed by atoms with van der Waals surface area (Å²) in [5.41, 5.74) is 1.58. The van der Waals surface area contributed by atoms with E-state index in [-0.39, 0.29) is 12.5 Å². The molecule has 2 aromatic heterocycles. The molecule has 0 aliphatic rings. The van der Waals surface area contributed by atoms with Crippen molar-refractivity contribution in [2.45, 2.75) is 0 Å². The van der Waals surface area contributed by atoms with E-state index in [0.29, 0.717) is 11.4 Å².